The zero-order valence-electron chi connectivity index (χ0n) is 4.05. The number of hydrogen-bond acceptors (Lipinski definition) is 2. The summed E-state index contributed by atoms with van der Waals surface area (Å²) in [6.07, 6.45) is 0.341. The van der Waals surface area contributed by atoms with Gasteiger partial charge in [-0.3, -0.25) is 9.59 Å². The maximum Gasteiger partial charge on any atom is 0.322 e. The van der Waals surface area contributed by atoms with Gasteiger partial charge in [-0.2, -0.15) is 0 Å². The van der Waals surface area contributed by atoms with Crippen LogP contribution in [0.25, 0.3) is 0 Å². The fourth-order valence-corrected chi connectivity index (χ4v) is 0.129. The van der Waals surface area contributed by atoms with E-state index in [9.17, 15) is 9.59 Å². The summed E-state index contributed by atoms with van der Waals surface area (Å²) in [5.41, 5.74) is 0. The first-order valence-electron chi connectivity index (χ1n) is 1.66. The lowest BCUT2D eigenvalue weighted by Crippen LogP contribution is -2.20. The zero-order chi connectivity index (χ0) is 5.70. The van der Waals surface area contributed by atoms with E-state index in [2.05, 4.69) is 0 Å². The van der Waals surface area contributed by atoms with Crippen LogP contribution in [0.2, 0.25) is 0 Å². The molecule has 0 heterocycles. The number of nitrogens with one attached hydrogen (secondary N) is 1. The summed E-state index contributed by atoms with van der Waals surface area (Å²) in [4.78, 5) is 18.9. The summed E-state index contributed by atoms with van der Waals surface area (Å²) < 4.78 is 0. The van der Waals surface area contributed by atoms with Gasteiger partial charge in [-0.1, -0.05) is 0 Å². The molecule has 5 heteroatoms. The SMILES string of the molecule is O.O=CNCC(=O)O. The second-order valence-corrected chi connectivity index (χ2v) is 0.892. The molecule has 48 valence electrons. The van der Waals surface area contributed by atoms with Crippen molar-refractivity contribution in [3.05, 3.63) is 0 Å². The van der Waals surface area contributed by atoms with Crippen molar-refractivity contribution in [2.24, 2.45) is 0 Å². The van der Waals surface area contributed by atoms with Crippen LogP contribution in [0.5, 0.6) is 0 Å². The van der Waals surface area contributed by atoms with Crippen molar-refractivity contribution in [2.45, 2.75) is 0 Å². The molecule has 0 aromatic rings. The molecule has 0 aliphatic carbocycles. The standard InChI is InChI=1S/C3H5NO3.H2O/c5-2-4-1-3(6)7;/h2H,1H2,(H,4,5)(H,6,7);1H2. The van der Waals surface area contributed by atoms with Gasteiger partial charge in [0.2, 0.25) is 6.41 Å². The van der Waals surface area contributed by atoms with Gasteiger partial charge in [0.15, 0.2) is 0 Å². The van der Waals surface area contributed by atoms with Gasteiger partial charge >= 0.3 is 5.97 Å². The molecule has 8 heavy (non-hydrogen) atoms. The summed E-state index contributed by atoms with van der Waals surface area (Å²) >= 11 is 0. The first-order valence-corrected chi connectivity index (χ1v) is 1.66. The molecule has 0 saturated carbocycles. The van der Waals surface area contributed by atoms with Gasteiger partial charge in [0.1, 0.15) is 6.54 Å². The van der Waals surface area contributed by atoms with Gasteiger partial charge in [0, 0.05) is 0 Å². The molecule has 0 bridgehead atoms. The number of aliphatic carboxylic acids is 1. The molecule has 4 N–H and O–H groups in total. The molecular weight excluding hydrogens is 114 g/mol. The minimum atomic E-state index is -1.04. The molecular formula is C3H7NO4. The lowest BCUT2D eigenvalue weighted by molar-refractivity contribution is -0.136. The minimum Gasteiger partial charge on any atom is -0.480 e. The van der Waals surface area contributed by atoms with Crippen molar-refractivity contribution in [1.29, 1.82) is 0 Å². The van der Waals surface area contributed by atoms with Crippen LogP contribution < -0.4 is 5.32 Å². The van der Waals surface area contributed by atoms with Crippen LogP contribution in [0.3, 0.4) is 0 Å². The Labute approximate surface area is 45.6 Å². The predicted octanol–water partition coefficient (Wildman–Crippen LogP) is -2.01. The zero-order valence-corrected chi connectivity index (χ0v) is 4.05. The van der Waals surface area contributed by atoms with E-state index in [1.54, 1.807) is 0 Å². The number of rotatable bonds is 3. The normalized spacial score (nSPS) is 6.50. The van der Waals surface area contributed by atoms with E-state index in [0.29, 0.717) is 6.41 Å². The molecule has 0 aliphatic rings. The third-order valence-corrected chi connectivity index (χ3v) is 0.337. The van der Waals surface area contributed by atoms with E-state index in [-0.39, 0.29) is 12.0 Å². The highest BCUT2D eigenvalue weighted by atomic mass is 16.4. The highest BCUT2D eigenvalue weighted by Crippen LogP contribution is 1.51. The second kappa shape index (κ2) is 5.90. The molecule has 0 spiro atoms. The van der Waals surface area contributed by atoms with Gasteiger partial charge in [0.05, 0.1) is 0 Å². The molecule has 0 fully saturated rings. The van der Waals surface area contributed by atoms with Gasteiger partial charge < -0.3 is 15.9 Å². The summed E-state index contributed by atoms with van der Waals surface area (Å²) in [5, 5.41) is 9.79. The van der Waals surface area contributed by atoms with Crippen molar-refractivity contribution in [3.8, 4) is 0 Å². The number of carboxylic acid groups (broad SMARTS) is 1. The summed E-state index contributed by atoms with van der Waals surface area (Å²) in [7, 11) is 0. The molecule has 0 rings (SSSR count). The average molecular weight is 121 g/mol. The first kappa shape index (κ1) is 10.0. The number of amides is 1. The van der Waals surface area contributed by atoms with E-state index in [1.807, 2.05) is 5.32 Å². The topological polar surface area (TPSA) is 97.9 Å². The molecule has 0 unspecified atom stereocenters. The lowest BCUT2D eigenvalue weighted by Gasteiger charge is -1.85. The predicted molar refractivity (Wildman–Crippen MR) is 25.3 cm³/mol. The largest absolute Gasteiger partial charge is 0.480 e. The van der Waals surface area contributed by atoms with Gasteiger partial charge in [-0.05, 0) is 0 Å². The molecule has 0 atom stereocenters. The number of carboxylic acids is 1. The average Bonchev–Trinajstić information content (AvgIpc) is 1.61. The molecule has 0 saturated heterocycles. The Morgan fingerprint density at radius 2 is 2.25 bits per heavy atom. The van der Waals surface area contributed by atoms with Gasteiger partial charge in [-0.25, -0.2) is 0 Å². The highest BCUT2D eigenvalue weighted by Gasteiger charge is 1.88. The minimum absolute atomic E-state index is 0. The Kier molecular flexibility index (Phi) is 7.38. The maximum absolute atomic E-state index is 9.54. The number of carbonyl (C=O) groups is 2. The van der Waals surface area contributed by atoms with E-state index in [4.69, 9.17) is 5.11 Å². The van der Waals surface area contributed by atoms with Crippen molar-refractivity contribution < 1.29 is 20.2 Å². The van der Waals surface area contributed by atoms with E-state index >= 15 is 0 Å². The summed E-state index contributed by atoms with van der Waals surface area (Å²) in [6, 6.07) is 0. The number of hydrogen-bond donors (Lipinski definition) is 2. The van der Waals surface area contributed by atoms with E-state index in [0.717, 1.165) is 0 Å². The van der Waals surface area contributed by atoms with Crippen molar-refractivity contribution in [3.63, 3.8) is 0 Å². The summed E-state index contributed by atoms with van der Waals surface area (Å²) in [5.74, 6) is -1.04. The van der Waals surface area contributed by atoms with Crippen LogP contribution in [0, 0.1) is 0 Å². The Morgan fingerprint density at radius 1 is 1.75 bits per heavy atom. The third-order valence-electron chi connectivity index (χ3n) is 0.337. The summed E-state index contributed by atoms with van der Waals surface area (Å²) in [6.45, 7) is -0.302. The van der Waals surface area contributed by atoms with Crippen LogP contribution in [-0.2, 0) is 9.59 Å². The highest BCUT2D eigenvalue weighted by molar-refractivity contribution is 5.71. The monoisotopic (exact) mass is 121 g/mol. The van der Waals surface area contributed by atoms with E-state index in [1.165, 1.54) is 0 Å². The maximum atomic E-state index is 9.54. The van der Waals surface area contributed by atoms with Crippen molar-refractivity contribution >= 4 is 12.4 Å². The van der Waals surface area contributed by atoms with Crippen molar-refractivity contribution in [2.75, 3.05) is 6.54 Å². The molecule has 0 aliphatic heterocycles. The van der Waals surface area contributed by atoms with Crippen LogP contribution in [0.15, 0.2) is 0 Å². The first-order chi connectivity index (χ1) is 3.27. The second-order valence-electron chi connectivity index (χ2n) is 0.892. The Morgan fingerprint density at radius 3 is 2.38 bits per heavy atom. The van der Waals surface area contributed by atoms with Crippen LogP contribution in [0.4, 0.5) is 0 Å². The number of carbonyl (C=O) groups excluding carboxylic acids is 1. The fourth-order valence-electron chi connectivity index (χ4n) is 0.129. The quantitative estimate of drug-likeness (QED) is 0.422. The molecule has 5 nitrogen and oxygen atoms in total. The van der Waals surface area contributed by atoms with Gasteiger partial charge in [-0.15, -0.1) is 0 Å². The smallest absolute Gasteiger partial charge is 0.322 e. The van der Waals surface area contributed by atoms with Crippen LogP contribution >= 0.6 is 0 Å². The van der Waals surface area contributed by atoms with E-state index < -0.39 is 5.97 Å². The Balaban J connectivity index is 0. The van der Waals surface area contributed by atoms with Crippen LogP contribution in [0.1, 0.15) is 0 Å². The molecule has 0 aromatic carbocycles. The molecule has 0 aromatic heterocycles. The van der Waals surface area contributed by atoms with Crippen molar-refractivity contribution in [1.82, 2.24) is 5.32 Å². The third kappa shape index (κ3) is 8.86. The molecule has 0 radical (unpaired) electrons. The Bertz CT molecular complexity index is 81.4. The molecule has 1 amide bonds. The fraction of sp³-hybridized carbons (Fsp3) is 0.333. The van der Waals surface area contributed by atoms with Gasteiger partial charge in [0.25, 0.3) is 0 Å². The lowest BCUT2D eigenvalue weighted by atomic mass is 10.7. The van der Waals surface area contributed by atoms with Crippen LogP contribution in [-0.4, -0.2) is 29.5 Å². The Hall–Kier alpha value is -1.10.